The van der Waals surface area contributed by atoms with Crippen LogP contribution in [-0.2, 0) is 9.59 Å². The van der Waals surface area contributed by atoms with Gasteiger partial charge >= 0.3 is 0 Å². The van der Waals surface area contributed by atoms with Crippen LogP contribution in [-0.4, -0.2) is 66.0 Å². The molecule has 0 bridgehead atoms. The molecule has 2 unspecified atom stereocenters. The van der Waals surface area contributed by atoms with Crippen LogP contribution in [0.2, 0.25) is 0 Å². The quantitative estimate of drug-likeness (QED) is 0.663. The van der Waals surface area contributed by atoms with Crippen LogP contribution in [0.15, 0.2) is 48.5 Å². The van der Waals surface area contributed by atoms with Crippen molar-refractivity contribution in [3.8, 4) is 5.75 Å². The highest BCUT2D eigenvalue weighted by molar-refractivity contribution is 5.99. The summed E-state index contributed by atoms with van der Waals surface area (Å²) in [7, 11) is 0. The van der Waals surface area contributed by atoms with Crippen LogP contribution in [0.4, 0.5) is 8.78 Å². The zero-order valence-corrected chi connectivity index (χ0v) is 17.5. The van der Waals surface area contributed by atoms with Gasteiger partial charge in [0.05, 0.1) is 0 Å². The van der Waals surface area contributed by atoms with Gasteiger partial charge in [-0.1, -0.05) is 18.2 Å². The second kappa shape index (κ2) is 10.2. The van der Waals surface area contributed by atoms with Gasteiger partial charge in [-0.25, -0.2) is 8.78 Å². The summed E-state index contributed by atoms with van der Waals surface area (Å²) in [5.74, 6) is -3.28. The predicted octanol–water partition coefficient (Wildman–Crippen LogP) is 1.12. The van der Waals surface area contributed by atoms with Crippen molar-refractivity contribution < 1.29 is 27.9 Å². The third kappa shape index (κ3) is 5.20. The van der Waals surface area contributed by atoms with E-state index in [0.717, 1.165) is 17.0 Å². The first-order valence-electron chi connectivity index (χ1n) is 10.1. The summed E-state index contributed by atoms with van der Waals surface area (Å²) in [4.78, 5) is 41.2. The summed E-state index contributed by atoms with van der Waals surface area (Å²) in [6.07, 6.45) is -2.25. The van der Waals surface area contributed by atoms with Crippen LogP contribution in [0.25, 0.3) is 0 Å². The zero-order chi connectivity index (χ0) is 23.3. The normalized spacial score (nSPS) is 16.6. The number of carbonyl (C=O) groups is 3. The van der Waals surface area contributed by atoms with E-state index in [2.05, 4.69) is 5.32 Å². The van der Waals surface area contributed by atoms with E-state index in [9.17, 15) is 23.2 Å². The average Bonchev–Trinajstić information content (AvgIpc) is 3.21. The van der Waals surface area contributed by atoms with Crippen molar-refractivity contribution in [1.29, 1.82) is 0 Å². The largest absolute Gasteiger partial charge is 0.481 e. The van der Waals surface area contributed by atoms with Crippen LogP contribution in [0, 0.1) is 11.6 Å². The second-order valence-corrected chi connectivity index (χ2v) is 7.21. The Morgan fingerprint density at radius 1 is 1.09 bits per heavy atom. The lowest BCUT2D eigenvalue weighted by Crippen LogP contribution is -2.56. The number of rotatable bonds is 7. The number of benzene rings is 2. The lowest BCUT2D eigenvalue weighted by atomic mass is 10.1. The van der Waals surface area contributed by atoms with E-state index in [-0.39, 0.29) is 31.7 Å². The Morgan fingerprint density at radius 3 is 2.34 bits per heavy atom. The first-order chi connectivity index (χ1) is 15.3. The molecule has 3 N–H and O–H groups in total. The van der Waals surface area contributed by atoms with Gasteiger partial charge in [-0.3, -0.25) is 14.4 Å². The molecule has 3 amide bonds. The monoisotopic (exact) mass is 446 g/mol. The van der Waals surface area contributed by atoms with E-state index in [1.54, 1.807) is 30.3 Å². The van der Waals surface area contributed by atoms with Gasteiger partial charge in [0.25, 0.3) is 17.7 Å². The summed E-state index contributed by atoms with van der Waals surface area (Å²) < 4.78 is 32.9. The Morgan fingerprint density at radius 2 is 1.72 bits per heavy atom. The summed E-state index contributed by atoms with van der Waals surface area (Å²) in [5.41, 5.74) is 5.18. The molecular weight excluding hydrogens is 422 g/mol. The van der Waals surface area contributed by atoms with Gasteiger partial charge in [0.2, 0.25) is 0 Å². The maximum Gasteiger partial charge on any atom is 0.265 e. The molecule has 0 aromatic heterocycles. The Labute approximate surface area is 183 Å². The molecule has 2 aromatic rings. The van der Waals surface area contributed by atoms with Crippen LogP contribution in [0.1, 0.15) is 17.3 Å². The molecule has 1 aliphatic rings. The Kier molecular flexibility index (Phi) is 7.37. The summed E-state index contributed by atoms with van der Waals surface area (Å²) in [5, 5.41) is 2.57. The third-order valence-corrected chi connectivity index (χ3v) is 4.91. The van der Waals surface area contributed by atoms with E-state index < -0.39 is 41.6 Å². The third-order valence-electron chi connectivity index (χ3n) is 4.91. The molecule has 10 heteroatoms. The van der Waals surface area contributed by atoms with E-state index >= 15 is 0 Å². The van der Waals surface area contributed by atoms with Crippen molar-refractivity contribution in [2.75, 3.05) is 26.2 Å². The van der Waals surface area contributed by atoms with Crippen molar-refractivity contribution in [1.82, 2.24) is 15.1 Å². The number of hydrogen-bond acceptors (Lipinski definition) is 5. The number of nitrogens with two attached hydrogens (primary N) is 1. The first kappa shape index (κ1) is 23.1. The molecule has 2 atom stereocenters. The molecule has 170 valence electrons. The van der Waals surface area contributed by atoms with Gasteiger partial charge in [0, 0.05) is 37.8 Å². The summed E-state index contributed by atoms with van der Waals surface area (Å²) in [6, 6.07) is 11.1. The number of nitrogens with one attached hydrogen (secondary N) is 1. The Bertz CT molecular complexity index is 969. The number of hydrogen-bond donors (Lipinski definition) is 2. The molecule has 1 saturated heterocycles. The minimum Gasteiger partial charge on any atom is -0.481 e. The van der Waals surface area contributed by atoms with Crippen molar-refractivity contribution in [2.24, 2.45) is 5.73 Å². The van der Waals surface area contributed by atoms with Gasteiger partial charge in [-0.05, 0) is 31.2 Å². The van der Waals surface area contributed by atoms with Gasteiger partial charge in [-0.2, -0.15) is 0 Å². The summed E-state index contributed by atoms with van der Waals surface area (Å²) >= 11 is 0. The van der Waals surface area contributed by atoms with Crippen LogP contribution >= 0.6 is 0 Å². The van der Waals surface area contributed by atoms with Crippen LogP contribution < -0.4 is 15.8 Å². The molecule has 0 aliphatic carbocycles. The van der Waals surface area contributed by atoms with E-state index in [0.29, 0.717) is 11.8 Å². The molecule has 0 radical (unpaired) electrons. The topological polar surface area (TPSA) is 105 Å². The number of para-hydroxylation sites is 1. The molecular formula is C22H24F2N4O4. The number of amides is 3. The highest BCUT2D eigenvalue weighted by atomic mass is 19.1. The van der Waals surface area contributed by atoms with Gasteiger partial charge < -0.3 is 25.6 Å². The highest BCUT2D eigenvalue weighted by Crippen LogP contribution is 2.22. The van der Waals surface area contributed by atoms with Crippen molar-refractivity contribution >= 4 is 17.7 Å². The second-order valence-electron chi connectivity index (χ2n) is 7.21. The lowest BCUT2D eigenvalue weighted by Gasteiger charge is -2.30. The predicted molar refractivity (Wildman–Crippen MR) is 111 cm³/mol. The first-order valence-corrected chi connectivity index (χ1v) is 10.1. The van der Waals surface area contributed by atoms with Gasteiger partial charge in [0.1, 0.15) is 17.4 Å². The van der Waals surface area contributed by atoms with Crippen molar-refractivity contribution in [3.05, 3.63) is 65.7 Å². The van der Waals surface area contributed by atoms with Crippen LogP contribution in [0.3, 0.4) is 0 Å². The molecule has 1 aliphatic heterocycles. The van der Waals surface area contributed by atoms with E-state index in [4.69, 9.17) is 10.5 Å². The molecule has 2 aromatic carbocycles. The van der Waals surface area contributed by atoms with Crippen molar-refractivity contribution in [2.45, 2.75) is 19.2 Å². The molecule has 8 nitrogen and oxygen atoms in total. The fraction of sp³-hybridized carbons (Fsp3) is 0.318. The van der Waals surface area contributed by atoms with Crippen LogP contribution in [0.5, 0.6) is 5.75 Å². The molecule has 1 heterocycles. The van der Waals surface area contributed by atoms with E-state index in [1.807, 2.05) is 0 Å². The maximum absolute atomic E-state index is 13.6. The molecule has 0 spiro atoms. The molecule has 32 heavy (non-hydrogen) atoms. The average molecular weight is 446 g/mol. The number of ether oxygens (including phenoxy) is 1. The Balaban J connectivity index is 1.84. The SMILES string of the molecule is CC(Oc1ccccc1)C(=O)N1CCN(C(=O)c2cc(F)cc(F)c2)C1C(=O)NCCN. The van der Waals surface area contributed by atoms with Gasteiger partial charge in [-0.15, -0.1) is 0 Å². The fourth-order valence-electron chi connectivity index (χ4n) is 3.47. The Hall–Kier alpha value is -3.53. The summed E-state index contributed by atoms with van der Waals surface area (Å²) in [6.45, 7) is 1.87. The fourth-order valence-corrected chi connectivity index (χ4v) is 3.47. The molecule has 1 fully saturated rings. The molecule has 0 saturated carbocycles. The number of halogens is 2. The zero-order valence-electron chi connectivity index (χ0n) is 17.5. The highest BCUT2D eigenvalue weighted by Gasteiger charge is 2.44. The lowest BCUT2D eigenvalue weighted by molar-refractivity contribution is -0.145. The number of carbonyl (C=O) groups excluding carboxylic acids is 3. The minimum atomic E-state index is -1.31. The minimum absolute atomic E-state index is 0.00146. The van der Waals surface area contributed by atoms with E-state index in [1.165, 1.54) is 11.8 Å². The van der Waals surface area contributed by atoms with Crippen molar-refractivity contribution in [3.63, 3.8) is 0 Å². The smallest absolute Gasteiger partial charge is 0.265 e. The standard InChI is InChI=1S/C22H24F2N4O4/c1-14(32-18-5-3-2-4-6-18)21(30)27-9-10-28(20(27)19(29)26-8-7-25)22(31)15-11-16(23)13-17(24)12-15/h2-6,11-14,20H,7-10,25H2,1H3,(H,26,29). The molecule has 3 rings (SSSR count). The maximum atomic E-state index is 13.6. The van der Waals surface area contributed by atoms with Gasteiger partial charge in [0.15, 0.2) is 12.3 Å². The number of nitrogens with zero attached hydrogens (tertiary/aromatic N) is 2.